The molecule has 0 saturated carbocycles. The molecule has 6 heteroatoms. The highest BCUT2D eigenvalue weighted by molar-refractivity contribution is 5.77. The molecule has 0 aromatic heterocycles. The average molecular weight is 328 g/mol. The van der Waals surface area contributed by atoms with E-state index in [1.54, 1.807) is 17.9 Å². The molecule has 0 bridgehead atoms. The Hall–Kier alpha value is -1.56. The highest BCUT2D eigenvalue weighted by atomic mass is 19.4. The first kappa shape index (κ1) is 17.8. The Morgan fingerprint density at radius 3 is 2.61 bits per heavy atom. The van der Waals surface area contributed by atoms with Crippen LogP contribution >= 0.6 is 0 Å². The molecule has 1 aliphatic heterocycles. The average Bonchev–Trinajstić information content (AvgIpc) is 2.90. The lowest BCUT2D eigenvalue weighted by molar-refractivity contribution is -0.139. The van der Waals surface area contributed by atoms with Crippen LogP contribution in [0.3, 0.4) is 0 Å². The van der Waals surface area contributed by atoms with Crippen LogP contribution in [0.5, 0.6) is 0 Å². The summed E-state index contributed by atoms with van der Waals surface area (Å²) in [5, 5.41) is 0. The molecule has 1 fully saturated rings. The van der Waals surface area contributed by atoms with Crippen molar-refractivity contribution in [3.05, 3.63) is 35.4 Å². The fourth-order valence-corrected chi connectivity index (χ4v) is 3.09. The molecule has 2 atom stereocenters. The van der Waals surface area contributed by atoms with Crippen LogP contribution in [0.2, 0.25) is 0 Å². The minimum absolute atomic E-state index is 0.0771. The van der Waals surface area contributed by atoms with Crippen molar-refractivity contribution >= 4 is 5.91 Å². The van der Waals surface area contributed by atoms with E-state index < -0.39 is 17.7 Å². The van der Waals surface area contributed by atoms with Crippen molar-refractivity contribution in [3.63, 3.8) is 0 Å². The molecule has 0 aliphatic carbocycles. The number of hydrogen-bond acceptors (Lipinski definition) is 2. The fraction of sp³-hybridized carbons (Fsp3) is 0.588. The Morgan fingerprint density at radius 2 is 2.04 bits per heavy atom. The van der Waals surface area contributed by atoms with E-state index in [-0.39, 0.29) is 23.3 Å². The van der Waals surface area contributed by atoms with E-state index in [1.807, 2.05) is 6.92 Å². The van der Waals surface area contributed by atoms with E-state index in [9.17, 15) is 18.0 Å². The molecular formula is C17H23F3N2O. The third kappa shape index (κ3) is 4.05. The molecule has 2 N–H and O–H groups in total. The topological polar surface area (TPSA) is 46.3 Å². The van der Waals surface area contributed by atoms with Gasteiger partial charge in [0, 0.05) is 19.5 Å². The van der Waals surface area contributed by atoms with E-state index in [0.717, 1.165) is 12.5 Å². The van der Waals surface area contributed by atoms with Gasteiger partial charge in [0.05, 0.1) is 5.56 Å². The number of nitrogens with two attached hydrogens (primary N) is 1. The lowest BCUT2D eigenvalue weighted by Crippen LogP contribution is -2.35. The first-order valence-electron chi connectivity index (χ1n) is 7.80. The van der Waals surface area contributed by atoms with Gasteiger partial charge in [0.25, 0.3) is 0 Å². The van der Waals surface area contributed by atoms with E-state index in [0.29, 0.717) is 19.6 Å². The molecule has 23 heavy (non-hydrogen) atoms. The maximum Gasteiger partial charge on any atom is 0.416 e. The molecular weight excluding hydrogens is 305 g/mol. The summed E-state index contributed by atoms with van der Waals surface area (Å²) in [7, 11) is 0. The lowest BCUT2D eigenvalue weighted by Gasteiger charge is -2.24. The van der Waals surface area contributed by atoms with Crippen molar-refractivity contribution in [1.82, 2.24) is 4.90 Å². The molecule has 1 heterocycles. The van der Waals surface area contributed by atoms with Crippen LogP contribution in [-0.2, 0) is 11.0 Å². The number of hydrogen-bond donors (Lipinski definition) is 1. The van der Waals surface area contributed by atoms with Gasteiger partial charge < -0.3 is 10.6 Å². The van der Waals surface area contributed by atoms with Crippen LogP contribution in [0.4, 0.5) is 13.2 Å². The maximum atomic E-state index is 13.1. The quantitative estimate of drug-likeness (QED) is 0.921. The number of halogens is 3. The van der Waals surface area contributed by atoms with Crippen LogP contribution in [-0.4, -0.2) is 30.4 Å². The van der Waals surface area contributed by atoms with Gasteiger partial charge in [-0.25, -0.2) is 0 Å². The van der Waals surface area contributed by atoms with Gasteiger partial charge in [0.2, 0.25) is 5.91 Å². The number of rotatable bonds is 4. The molecule has 2 unspecified atom stereocenters. The summed E-state index contributed by atoms with van der Waals surface area (Å²) >= 11 is 0. The standard InChI is InChI=1S/C17H23F3N2O/c1-12(13-5-3-4-6-14(13)17(18,19)20)9-15(23)22-8-7-16(2,10-21)11-22/h3-6,12H,7-11,21H2,1-2H3. The van der Waals surface area contributed by atoms with E-state index >= 15 is 0 Å². The summed E-state index contributed by atoms with van der Waals surface area (Å²) in [5.41, 5.74) is 5.16. The Morgan fingerprint density at radius 1 is 1.39 bits per heavy atom. The normalized spacial score (nSPS) is 23.1. The molecule has 0 spiro atoms. The van der Waals surface area contributed by atoms with Gasteiger partial charge in [-0.3, -0.25) is 4.79 Å². The zero-order chi connectivity index (χ0) is 17.3. The number of alkyl halides is 3. The van der Waals surface area contributed by atoms with Crippen molar-refractivity contribution in [1.29, 1.82) is 0 Å². The van der Waals surface area contributed by atoms with Crippen LogP contribution in [0.15, 0.2) is 24.3 Å². The van der Waals surface area contributed by atoms with Crippen molar-refractivity contribution in [2.75, 3.05) is 19.6 Å². The summed E-state index contributed by atoms with van der Waals surface area (Å²) in [4.78, 5) is 14.1. The summed E-state index contributed by atoms with van der Waals surface area (Å²) in [6.07, 6.45) is -3.49. The predicted octanol–water partition coefficient (Wildman–Crippen LogP) is 3.40. The summed E-state index contributed by atoms with van der Waals surface area (Å²) in [6, 6.07) is 5.47. The van der Waals surface area contributed by atoms with Crippen LogP contribution < -0.4 is 5.73 Å². The largest absolute Gasteiger partial charge is 0.416 e. The van der Waals surface area contributed by atoms with Gasteiger partial charge >= 0.3 is 6.18 Å². The zero-order valence-corrected chi connectivity index (χ0v) is 13.5. The van der Waals surface area contributed by atoms with Crippen LogP contribution in [0, 0.1) is 5.41 Å². The number of carbonyl (C=O) groups excluding carboxylic acids is 1. The Bertz CT molecular complexity index is 573. The number of amides is 1. The van der Waals surface area contributed by atoms with E-state index in [2.05, 4.69) is 0 Å². The minimum atomic E-state index is -4.40. The predicted molar refractivity (Wildman–Crippen MR) is 82.8 cm³/mol. The molecule has 1 aromatic rings. The molecule has 1 saturated heterocycles. The maximum absolute atomic E-state index is 13.1. The minimum Gasteiger partial charge on any atom is -0.342 e. The Kier molecular flexibility index (Phi) is 5.04. The van der Waals surface area contributed by atoms with Gasteiger partial charge in [0.15, 0.2) is 0 Å². The third-order valence-corrected chi connectivity index (χ3v) is 4.68. The summed E-state index contributed by atoms with van der Waals surface area (Å²) < 4.78 is 39.3. The molecule has 1 amide bonds. The van der Waals surface area contributed by atoms with Crippen molar-refractivity contribution in [3.8, 4) is 0 Å². The second kappa shape index (κ2) is 6.51. The number of carbonyl (C=O) groups is 1. The second-order valence-electron chi connectivity index (χ2n) is 6.77. The first-order valence-corrected chi connectivity index (χ1v) is 7.80. The SMILES string of the molecule is CC(CC(=O)N1CCC(C)(CN)C1)c1ccccc1C(F)(F)F. The van der Waals surface area contributed by atoms with Crippen molar-refractivity contribution in [2.45, 2.75) is 38.8 Å². The first-order chi connectivity index (χ1) is 10.7. The molecule has 1 aromatic carbocycles. The van der Waals surface area contributed by atoms with Gasteiger partial charge in [-0.05, 0) is 35.9 Å². The van der Waals surface area contributed by atoms with Gasteiger partial charge in [-0.15, -0.1) is 0 Å². The van der Waals surface area contributed by atoms with Gasteiger partial charge in [0.1, 0.15) is 0 Å². The molecule has 1 aliphatic rings. The number of benzene rings is 1. The van der Waals surface area contributed by atoms with Crippen molar-refractivity contribution in [2.24, 2.45) is 11.1 Å². The molecule has 0 radical (unpaired) electrons. The smallest absolute Gasteiger partial charge is 0.342 e. The molecule has 2 rings (SSSR count). The highest BCUT2D eigenvalue weighted by Gasteiger charge is 2.37. The van der Waals surface area contributed by atoms with Crippen LogP contribution in [0.1, 0.15) is 43.7 Å². The van der Waals surface area contributed by atoms with Gasteiger partial charge in [-0.2, -0.15) is 13.2 Å². The molecule has 3 nitrogen and oxygen atoms in total. The van der Waals surface area contributed by atoms with Gasteiger partial charge in [-0.1, -0.05) is 32.0 Å². The van der Waals surface area contributed by atoms with E-state index in [4.69, 9.17) is 5.73 Å². The highest BCUT2D eigenvalue weighted by Crippen LogP contribution is 2.36. The van der Waals surface area contributed by atoms with Crippen LogP contribution in [0.25, 0.3) is 0 Å². The lowest BCUT2D eigenvalue weighted by atomic mass is 9.90. The summed E-state index contributed by atoms with van der Waals surface area (Å²) in [5.74, 6) is -0.586. The third-order valence-electron chi connectivity index (χ3n) is 4.68. The second-order valence-corrected chi connectivity index (χ2v) is 6.77. The number of likely N-dealkylation sites (tertiary alicyclic amines) is 1. The summed E-state index contributed by atoms with van der Waals surface area (Å²) in [6.45, 7) is 5.41. The van der Waals surface area contributed by atoms with Crippen molar-refractivity contribution < 1.29 is 18.0 Å². The molecule has 128 valence electrons. The fourth-order valence-electron chi connectivity index (χ4n) is 3.09. The number of nitrogens with zero attached hydrogens (tertiary/aromatic N) is 1. The van der Waals surface area contributed by atoms with E-state index in [1.165, 1.54) is 12.1 Å². The monoisotopic (exact) mass is 328 g/mol. The zero-order valence-electron chi connectivity index (χ0n) is 13.5. The Labute approximate surface area is 134 Å². The Balaban J connectivity index is 2.09.